The van der Waals surface area contributed by atoms with Gasteiger partial charge in [0.15, 0.2) is 17.2 Å². The lowest BCUT2D eigenvalue weighted by Gasteiger charge is -2.60. The lowest BCUT2D eigenvalue weighted by Crippen LogP contribution is -2.63. The van der Waals surface area contributed by atoms with Crippen molar-refractivity contribution in [2.24, 2.45) is 28.6 Å². The standard InChI is InChI=1S/C26H37ClO5/c1-4-5-6-22(31)32-26(21(30)15-27)12-10-19-18-8-7-16-13-17(28)9-11-24(16,2)23(18)20(29)14-25(19,26)3/h13,18-20,23,29H,4-12,14-15H2,1-3H3/t18-,19-,20-,23+,24-,25-,26-/m0/s1. The number of carbonyl (C=O) groups is 3. The number of carbonyl (C=O) groups excluding carboxylic acids is 3. The van der Waals surface area contributed by atoms with Crippen LogP contribution in [0.1, 0.15) is 85.0 Å². The van der Waals surface area contributed by atoms with E-state index in [0.717, 1.165) is 38.5 Å². The summed E-state index contributed by atoms with van der Waals surface area (Å²) in [6, 6.07) is 0. The molecule has 32 heavy (non-hydrogen) atoms. The monoisotopic (exact) mass is 464 g/mol. The first kappa shape index (κ1) is 23.9. The Morgan fingerprint density at radius 2 is 1.97 bits per heavy atom. The smallest absolute Gasteiger partial charge is 0.306 e. The summed E-state index contributed by atoms with van der Waals surface area (Å²) < 4.78 is 6.06. The summed E-state index contributed by atoms with van der Waals surface area (Å²) in [5.74, 6) is -0.0956. The fourth-order valence-electron chi connectivity index (χ4n) is 8.03. The van der Waals surface area contributed by atoms with Crippen LogP contribution in [0.4, 0.5) is 0 Å². The third kappa shape index (κ3) is 3.41. The predicted molar refractivity (Wildman–Crippen MR) is 122 cm³/mol. The molecular formula is C26H37ClO5. The maximum atomic E-state index is 13.3. The molecule has 6 heteroatoms. The number of unbranched alkanes of at least 4 members (excludes halogenated alkanes) is 1. The summed E-state index contributed by atoms with van der Waals surface area (Å²) in [5.41, 5.74) is -0.888. The van der Waals surface area contributed by atoms with Gasteiger partial charge in [0.2, 0.25) is 0 Å². The third-order valence-electron chi connectivity index (χ3n) is 9.61. The van der Waals surface area contributed by atoms with Gasteiger partial charge >= 0.3 is 5.97 Å². The summed E-state index contributed by atoms with van der Waals surface area (Å²) in [7, 11) is 0. The molecule has 0 amide bonds. The average molecular weight is 465 g/mol. The zero-order valence-corrected chi connectivity index (χ0v) is 20.4. The summed E-state index contributed by atoms with van der Waals surface area (Å²) in [6.07, 6.45) is 7.86. The van der Waals surface area contributed by atoms with Crippen molar-refractivity contribution in [1.82, 2.24) is 0 Å². The molecule has 0 aliphatic heterocycles. The number of alkyl halides is 1. The van der Waals surface area contributed by atoms with Gasteiger partial charge in [-0.2, -0.15) is 0 Å². The number of aliphatic hydroxyl groups excluding tert-OH is 1. The first-order valence-corrected chi connectivity index (χ1v) is 12.9. The molecule has 4 rings (SSSR count). The highest BCUT2D eigenvalue weighted by Crippen LogP contribution is 2.68. The van der Waals surface area contributed by atoms with E-state index < -0.39 is 17.1 Å². The number of rotatable bonds is 6. The van der Waals surface area contributed by atoms with Gasteiger partial charge in [-0.1, -0.05) is 32.8 Å². The lowest BCUT2D eigenvalue weighted by atomic mass is 9.45. The molecule has 0 saturated heterocycles. The first-order valence-electron chi connectivity index (χ1n) is 12.4. The second-order valence-electron chi connectivity index (χ2n) is 11.1. The van der Waals surface area contributed by atoms with Gasteiger partial charge in [-0.15, -0.1) is 11.6 Å². The Balaban J connectivity index is 1.70. The number of Topliss-reactive ketones (excluding diaryl/α,β-unsaturated/α-hetero) is 1. The molecule has 4 aliphatic rings. The van der Waals surface area contributed by atoms with Crippen LogP contribution in [0, 0.1) is 28.6 Å². The number of esters is 1. The van der Waals surface area contributed by atoms with Crippen LogP contribution in [-0.4, -0.2) is 40.2 Å². The Kier molecular flexibility index (Phi) is 6.39. The van der Waals surface area contributed by atoms with E-state index in [0.29, 0.717) is 25.7 Å². The zero-order chi connectivity index (χ0) is 23.3. The molecule has 4 aliphatic carbocycles. The number of allylic oxidation sites excluding steroid dienone is 1. The van der Waals surface area contributed by atoms with E-state index in [4.69, 9.17) is 16.3 Å². The second-order valence-corrected chi connectivity index (χ2v) is 11.3. The largest absolute Gasteiger partial charge is 0.450 e. The van der Waals surface area contributed by atoms with Crippen molar-refractivity contribution in [3.8, 4) is 0 Å². The van der Waals surface area contributed by atoms with Crippen LogP contribution in [0.5, 0.6) is 0 Å². The van der Waals surface area contributed by atoms with Crippen molar-refractivity contribution in [3.05, 3.63) is 11.6 Å². The van der Waals surface area contributed by atoms with Crippen LogP contribution in [0.3, 0.4) is 0 Å². The van der Waals surface area contributed by atoms with Gasteiger partial charge in [0.1, 0.15) is 0 Å². The molecule has 0 unspecified atom stereocenters. The van der Waals surface area contributed by atoms with Crippen molar-refractivity contribution >= 4 is 29.1 Å². The van der Waals surface area contributed by atoms with Crippen LogP contribution in [0.15, 0.2) is 11.6 Å². The Hall–Kier alpha value is -1.20. The van der Waals surface area contributed by atoms with Crippen molar-refractivity contribution in [2.75, 3.05) is 5.88 Å². The molecular weight excluding hydrogens is 428 g/mol. The molecule has 0 aromatic carbocycles. The summed E-state index contributed by atoms with van der Waals surface area (Å²) >= 11 is 6.06. The molecule has 1 N–H and O–H groups in total. The van der Waals surface area contributed by atoms with Gasteiger partial charge in [-0.25, -0.2) is 0 Å². The van der Waals surface area contributed by atoms with Gasteiger partial charge in [-0.05, 0) is 74.2 Å². The lowest BCUT2D eigenvalue weighted by molar-refractivity contribution is -0.200. The summed E-state index contributed by atoms with van der Waals surface area (Å²) in [5, 5.41) is 11.6. The normalized spacial score (nSPS) is 43.0. The number of ether oxygens (including phenoxy) is 1. The van der Waals surface area contributed by atoms with E-state index in [-0.39, 0.29) is 46.6 Å². The van der Waals surface area contributed by atoms with Crippen molar-refractivity contribution in [3.63, 3.8) is 0 Å². The van der Waals surface area contributed by atoms with Crippen LogP contribution < -0.4 is 0 Å². The van der Waals surface area contributed by atoms with E-state index >= 15 is 0 Å². The van der Waals surface area contributed by atoms with Gasteiger partial charge in [0.25, 0.3) is 0 Å². The fraction of sp³-hybridized carbons (Fsp3) is 0.808. The summed E-state index contributed by atoms with van der Waals surface area (Å²) in [4.78, 5) is 38.0. The Bertz CT molecular complexity index is 836. The van der Waals surface area contributed by atoms with Gasteiger partial charge in [0, 0.05) is 18.3 Å². The van der Waals surface area contributed by atoms with E-state index in [1.807, 2.05) is 19.9 Å². The van der Waals surface area contributed by atoms with Gasteiger partial charge in [0.05, 0.1) is 12.0 Å². The minimum Gasteiger partial charge on any atom is -0.450 e. The molecule has 3 fully saturated rings. The molecule has 0 spiro atoms. The number of fused-ring (bicyclic) bond motifs is 5. The van der Waals surface area contributed by atoms with E-state index in [9.17, 15) is 19.5 Å². The third-order valence-corrected chi connectivity index (χ3v) is 9.85. The Labute approximate surface area is 196 Å². The Morgan fingerprint density at radius 1 is 1.22 bits per heavy atom. The first-order chi connectivity index (χ1) is 15.1. The molecule has 0 heterocycles. The zero-order valence-electron chi connectivity index (χ0n) is 19.6. The highest BCUT2D eigenvalue weighted by molar-refractivity contribution is 6.29. The van der Waals surface area contributed by atoms with Crippen LogP contribution >= 0.6 is 11.6 Å². The topological polar surface area (TPSA) is 80.7 Å². The minimum absolute atomic E-state index is 0.0615. The number of ketones is 2. The van der Waals surface area contributed by atoms with Crippen molar-refractivity contribution in [1.29, 1.82) is 0 Å². The van der Waals surface area contributed by atoms with Gasteiger partial charge in [-0.3, -0.25) is 14.4 Å². The molecule has 0 radical (unpaired) electrons. The highest BCUT2D eigenvalue weighted by atomic mass is 35.5. The molecule has 5 nitrogen and oxygen atoms in total. The van der Waals surface area contributed by atoms with E-state index in [1.54, 1.807) is 0 Å². The molecule has 0 bridgehead atoms. The fourth-order valence-corrected chi connectivity index (χ4v) is 8.25. The maximum Gasteiger partial charge on any atom is 0.306 e. The van der Waals surface area contributed by atoms with E-state index in [2.05, 4.69) is 6.92 Å². The second kappa shape index (κ2) is 8.54. The van der Waals surface area contributed by atoms with Crippen LogP contribution in [-0.2, 0) is 19.1 Å². The van der Waals surface area contributed by atoms with Crippen molar-refractivity contribution in [2.45, 2.75) is 96.7 Å². The predicted octanol–water partition coefficient (Wildman–Crippen LogP) is 4.77. The maximum absolute atomic E-state index is 13.3. The molecule has 3 saturated carbocycles. The number of halogens is 1. The molecule has 7 atom stereocenters. The SMILES string of the molecule is CCCCC(=O)O[C@]1(C(=O)CCl)CC[C@H]2[C@@H]3CCC4=CC(=O)CC[C@]4(C)[C@H]3[C@@H](O)C[C@@]21C. The quantitative estimate of drug-likeness (QED) is 0.452. The average Bonchev–Trinajstić information content (AvgIpc) is 3.04. The van der Waals surface area contributed by atoms with E-state index in [1.165, 1.54) is 5.57 Å². The number of aliphatic hydroxyl groups is 1. The molecule has 0 aromatic rings. The van der Waals surface area contributed by atoms with Crippen LogP contribution in [0.2, 0.25) is 0 Å². The molecule has 0 aromatic heterocycles. The highest BCUT2D eigenvalue weighted by Gasteiger charge is 2.70. The Morgan fingerprint density at radius 3 is 2.66 bits per heavy atom. The minimum atomic E-state index is -1.25. The number of hydrogen-bond acceptors (Lipinski definition) is 5. The van der Waals surface area contributed by atoms with Gasteiger partial charge < -0.3 is 9.84 Å². The van der Waals surface area contributed by atoms with Crippen molar-refractivity contribution < 1.29 is 24.2 Å². The molecule has 178 valence electrons. The number of hydrogen-bond donors (Lipinski definition) is 1. The summed E-state index contributed by atoms with van der Waals surface area (Å²) in [6.45, 7) is 6.27. The van der Waals surface area contributed by atoms with Crippen LogP contribution in [0.25, 0.3) is 0 Å².